The number of para-hydroxylation sites is 1. The van der Waals surface area contributed by atoms with Gasteiger partial charge in [-0.15, -0.1) is 0 Å². The van der Waals surface area contributed by atoms with Crippen LogP contribution >= 0.6 is 0 Å². The van der Waals surface area contributed by atoms with Crippen molar-refractivity contribution in [3.63, 3.8) is 0 Å². The van der Waals surface area contributed by atoms with Crippen molar-refractivity contribution in [1.82, 2.24) is 9.88 Å². The molecule has 1 amide bonds. The van der Waals surface area contributed by atoms with E-state index in [-0.39, 0.29) is 12.3 Å². The van der Waals surface area contributed by atoms with E-state index in [9.17, 15) is 9.59 Å². The minimum atomic E-state index is -0.882. The van der Waals surface area contributed by atoms with Crippen LogP contribution in [0.1, 0.15) is 12.0 Å². The fraction of sp³-hybridized carbons (Fsp3) is 0.333. The number of rotatable bonds is 4. The molecule has 1 atom stereocenters. The molecule has 0 unspecified atom stereocenters. The van der Waals surface area contributed by atoms with Crippen molar-refractivity contribution in [2.75, 3.05) is 13.1 Å². The number of carboxylic acid groups (broad SMARTS) is 1. The lowest BCUT2D eigenvalue weighted by molar-refractivity contribution is -0.141. The van der Waals surface area contributed by atoms with Gasteiger partial charge < -0.3 is 15.0 Å². The second-order valence-corrected chi connectivity index (χ2v) is 5.19. The van der Waals surface area contributed by atoms with E-state index in [1.165, 1.54) is 0 Å². The van der Waals surface area contributed by atoms with Crippen LogP contribution in [0, 0.1) is 5.92 Å². The number of H-pyrrole nitrogens is 1. The van der Waals surface area contributed by atoms with Gasteiger partial charge in [0.15, 0.2) is 0 Å². The van der Waals surface area contributed by atoms with Gasteiger partial charge in [0, 0.05) is 36.6 Å². The molecule has 1 fully saturated rings. The van der Waals surface area contributed by atoms with Gasteiger partial charge in [-0.05, 0) is 18.1 Å². The molecule has 20 heavy (non-hydrogen) atoms. The molecule has 5 heteroatoms. The average molecular weight is 272 g/mol. The van der Waals surface area contributed by atoms with E-state index in [1.807, 2.05) is 30.5 Å². The highest BCUT2D eigenvalue weighted by molar-refractivity contribution is 5.86. The number of nitrogens with zero attached hydrogens (tertiary/aromatic N) is 1. The molecular formula is C15H16N2O3. The number of carboxylic acids is 1. The summed E-state index contributed by atoms with van der Waals surface area (Å²) < 4.78 is 0. The smallest absolute Gasteiger partial charge is 0.308 e. The number of amides is 1. The summed E-state index contributed by atoms with van der Waals surface area (Å²) in [6, 6.07) is 8.03. The second-order valence-electron chi connectivity index (χ2n) is 5.19. The van der Waals surface area contributed by atoms with Crippen LogP contribution in [-0.2, 0) is 16.0 Å². The molecular weight excluding hydrogens is 256 g/mol. The molecule has 2 heterocycles. The number of carbonyl (C=O) groups excluding carboxylic acids is 1. The van der Waals surface area contributed by atoms with E-state index in [0.29, 0.717) is 13.1 Å². The molecule has 0 aliphatic carbocycles. The molecule has 2 N–H and O–H groups in total. The first-order valence-electron chi connectivity index (χ1n) is 6.70. The summed E-state index contributed by atoms with van der Waals surface area (Å²) in [6.07, 6.45) is 2.82. The van der Waals surface area contributed by atoms with Crippen LogP contribution in [0.5, 0.6) is 0 Å². The maximum Gasteiger partial charge on any atom is 0.308 e. The summed E-state index contributed by atoms with van der Waals surface area (Å²) in [6.45, 7) is 0.904. The number of aliphatic carboxylic acids is 1. The van der Waals surface area contributed by atoms with Gasteiger partial charge in [0.2, 0.25) is 5.91 Å². The number of fused-ring (bicyclic) bond motifs is 1. The van der Waals surface area contributed by atoms with E-state index in [1.54, 1.807) is 4.90 Å². The molecule has 1 aliphatic rings. The van der Waals surface area contributed by atoms with Crippen LogP contribution in [0.3, 0.4) is 0 Å². The van der Waals surface area contributed by atoms with E-state index < -0.39 is 11.9 Å². The van der Waals surface area contributed by atoms with Gasteiger partial charge in [0.1, 0.15) is 0 Å². The number of carbonyl (C=O) groups is 2. The molecule has 0 radical (unpaired) electrons. The average Bonchev–Trinajstić information content (AvgIpc) is 3.00. The zero-order chi connectivity index (χ0) is 14.1. The third-order valence-corrected chi connectivity index (χ3v) is 3.89. The fourth-order valence-electron chi connectivity index (χ4n) is 2.75. The minimum absolute atomic E-state index is 0.0581. The highest BCUT2D eigenvalue weighted by Gasteiger charge is 2.33. The van der Waals surface area contributed by atoms with Crippen LogP contribution in [0.25, 0.3) is 10.9 Å². The van der Waals surface area contributed by atoms with E-state index in [0.717, 1.165) is 22.9 Å². The number of benzene rings is 1. The molecule has 3 rings (SSSR count). The number of likely N-dealkylation sites (tertiary alicyclic amines) is 1. The van der Waals surface area contributed by atoms with Crippen LogP contribution in [0.4, 0.5) is 0 Å². The predicted octanol–water partition coefficient (Wildman–Crippen LogP) is 1.64. The van der Waals surface area contributed by atoms with Gasteiger partial charge >= 0.3 is 5.97 Å². The Morgan fingerprint density at radius 2 is 2.20 bits per heavy atom. The lowest BCUT2D eigenvalue weighted by Crippen LogP contribution is -2.28. The largest absolute Gasteiger partial charge is 0.481 e. The van der Waals surface area contributed by atoms with E-state index in [4.69, 9.17) is 5.11 Å². The van der Waals surface area contributed by atoms with Crippen molar-refractivity contribution in [3.8, 4) is 0 Å². The Balaban J connectivity index is 1.68. The van der Waals surface area contributed by atoms with Gasteiger partial charge in [-0.25, -0.2) is 0 Å². The normalized spacial score (nSPS) is 18.9. The molecule has 0 saturated carbocycles. The number of aromatic nitrogens is 1. The second kappa shape index (κ2) is 5.00. The Kier molecular flexibility index (Phi) is 3.18. The molecule has 0 spiro atoms. The third kappa shape index (κ3) is 2.27. The topological polar surface area (TPSA) is 73.4 Å². The van der Waals surface area contributed by atoms with Gasteiger partial charge in [-0.1, -0.05) is 18.2 Å². The Bertz CT molecular complexity index is 662. The lowest BCUT2D eigenvalue weighted by atomic mass is 10.1. The highest BCUT2D eigenvalue weighted by atomic mass is 16.4. The fourth-order valence-corrected chi connectivity index (χ4v) is 2.75. The number of aromatic amines is 1. The molecule has 1 saturated heterocycles. The Labute approximate surface area is 116 Å². The Morgan fingerprint density at radius 1 is 1.40 bits per heavy atom. The van der Waals surface area contributed by atoms with Crippen molar-refractivity contribution in [2.24, 2.45) is 5.92 Å². The first kappa shape index (κ1) is 12.7. The number of nitrogens with one attached hydrogen (secondary N) is 1. The molecule has 1 aliphatic heterocycles. The molecule has 1 aromatic carbocycles. The number of hydrogen-bond acceptors (Lipinski definition) is 2. The summed E-state index contributed by atoms with van der Waals surface area (Å²) in [5.41, 5.74) is 2.24. The van der Waals surface area contributed by atoms with Crippen LogP contribution in [0.15, 0.2) is 30.5 Å². The molecule has 0 bridgehead atoms. The molecule has 5 nitrogen and oxygen atoms in total. The minimum Gasteiger partial charge on any atom is -0.481 e. The standard InChI is InChI=1S/C15H16N2O3/c18-14-7-11(15(19)20)9-17(14)6-5-10-8-16-13-4-2-1-3-12(10)13/h1-4,8,11,16H,5-7,9H2,(H,19,20)/t11-/m1/s1. The zero-order valence-electron chi connectivity index (χ0n) is 11.0. The van der Waals surface area contributed by atoms with Gasteiger partial charge in [-0.2, -0.15) is 0 Å². The quantitative estimate of drug-likeness (QED) is 0.888. The van der Waals surface area contributed by atoms with Gasteiger partial charge in [-0.3, -0.25) is 9.59 Å². The number of hydrogen-bond donors (Lipinski definition) is 2. The first-order valence-corrected chi connectivity index (χ1v) is 6.70. The SMILES string of the molecule is O=C(O)[C@@H]1CC(=O)N(CCc2c[nH]c3ccccc23)C1. The lowest BCUT2D eigenvalue weighted by Gasteiger charge is -2.15. The van der Waals surface area contributed by atoms with E-state index in [2.05, 4.69) is 4.98 Å². The third-order valence-electron chi connectivity index (χ3n) is 3.89. The van der Waals surface area contributed by atoms with Gasteiger partial charge in [0.25, 0.3) is 0 Å². The highest BCUT2D eigenvalue weighted by Crippen LogP contribution is 2.21. The summed E-state index contributed by atoms with van der Waals surface area (Å²) in [5.74, 6) is -1.49. The molecule has 2 aromatic rings. The zero-order valence-corrected chi connectivity index (χ0v) is 11.0. The summed E-state index contributed by atoms with van der Waals surface area (Å²) in [5, 5.41) is 10.1. The summed E-state index contributed by atoms with van der Waals surface area (Å²) in [4.78, 5) is 27.5. The van der Waals surface area contributed by atoms with Crippen LogP contribution in [0.2, 0.25) is 0 Å². The Morgan fingerprint density at radius 3 is 2.95 bits per heavy atom. The Hall–Kier alpha value is -2.30. The predicted molar refractivity (Wildman–Crippen MR) is 74.3 cm³/mol. The van der Waals surface area contributed by atoms with Crippen molar-refractivity contribution < 1.29 is 14.7 Å². The van der Waals surface area contributed by atoms with Crippen molar-refractivity contribution in [3.05, 3.63) is 36.0 Å². The summed E-state index contributed by atoms with van der Waals surface area (Å²) >= 11 is 0. The summed E-state index contributed by atoms with van der Waals surface area (Å²) in [7, 11) is 0. The molecule has 104 valence electrons. The van der Waals surface area contributed by atoms with Crippen molar-refractivity contribution in [2.45, 2.75) is 12.8 Å². The monoisotopic (exact) mass is 272 g/mol. The van der Waals surface area contributed by atoms with E-state index >= 15 is 0 Å². The van der Waals surface area contributed by atoms with Crippen molar-refractivity contribution >= 4 is 22.8 Å². The molecule has 1 aromatic heterocycles. The van der Waals surface area contributed by atoms with Crippen LogP contribution in [-0.4, -0.2) is 40.0 Å². The first-order chi connectivity index (χ1) is 9.65. The maximum atomic E-state index is 11.8. The van der Waals surface area contributed by atoms with Gasteiger partial charge in [0.05, 0.1) is 5.92 Å². The maximum absolute atomic E-state index is 11.8. The van der Waals surface area contributed by atoms with Crippen molar-refractivity contribution in [1.29, 1.82) is 0 Å². The van der Waals surface area contributed by atoms with Crippen LogP contribution < -0.4 is 0 Å².